The van der Waals surface area contributed by atoms with Crippen LogP contribution in [0.1, 0.15) is 11.1 Å². The van der Waals surface area contributed by atoms with E-state index in [9.17, 15) is 0 Å². The van der Waals surface area contributed by atoms with Crippen LogP contribution in [0.25, 0.3) is 50.2 Å². The maximum atomic E-state index is 6.78. The fourth-order valence-corrected chi connectivity index (χ4v) is 9.01. The average molecular weight is 877 g/mol. The number of fused-ring (bicyclic) bond motifs is 1. The van der Waals surface area contributed by atoms with E-state index in [1.165, 1.54) is 44.5 Å². The van der Waals surface area contributed by atoms with Crippen molar-refractivity contribution in [3.05, 3.63) is 296 Å². The third-order valence-electron chi connectivity index (χ3n) is 12.6. The Hall–Kier alpha value is -8.66. The van der Waals surface area contributed by atoms with E-state index in [0.717, 1.165) is 50.9 Å². The van der Waals surface area contributed by atoms with E-state index in [0.29, 0.717) is 0 Å². The molecule has 328 valence electrons. The van der Waals surface area contributed by atoms with Gasteiger partial charge in [0.25, 0.3) is 0 Å². The Morgan fingerprint density at radius 1 is 0.426 bits per heavy atom. The first-order valence-corrected chi connectivity index (χ1v) is 23.3. The zero-order valence-electron chi connectivity index (χ0n) is 38.1. The van der Waals surface area contributed by atoms with E-state index >= 15 is 0 Å². The Balaban J connectivity index is 0.000000183. The zero-order valence-corrected chi connectivity index (χ0v) is 38.1. The molecule has 3 nitrogen and oxygen atoms in total. The fraction of sp³-hybridized carbons (Fsp3) is 0.0462. The number of hydrogen-bond acceptors (Lipinski definition) is 3. The predicted octanol–water partition coefficient (Wildman–Crippen LogP) is 17.3. The summed E-state index contributed by atoms with van der Waals surface area (Å²) in [5.41, 5.74) is 18.2. The lowest BCUT2D eigenvalue weighted by Crippen LogP contribution is -2.19. The van der Waals surface area contributed by atoms with Gasteiger partial charge in [0.1, 0.15) is 11.9 Å². The van der Waals surface area contributed by atoms with Gasteiger partial charge in [-0.1, -0.05) is 219 Å². The van der Waals surface area contributed by atoms with Crippen LogP contribution in [-0.2, 0) is 4.74 Å². The van der Waals surface area contributed by atoms with Crippen LogP contribution in [0.2, 0.25) is 0 Å². The zero-order chi connectivity index (χ0) is 46.1. The topological polar surface area (TPSA) is 24.5 Å². The van der Waals surface area contributed by atoms with Gasteiger partial charge in [-0.3, -0.25) is 0 Å². The minimum absolute atomic E-state index is 0.0653. The molecule has 1 fully saturated rings. The van der Waals surface area contributed by atoms with E-state index in [1.807, 2.05) is 12.1 Å². The summed E-state index contributed by atoms with van der Waals surface area (Å²) in [7, 11) is 0. The molecule has 1 heterocycles. The van der Waals surface area contributed by atoms with Gasteiger partial charge in [0.05, 0.1) is 5.70 Å². The smallest absolute Gasteiger partial charge is 0.148 e. The summed E-state index contributed by atoms with van der Waals surface area (Å²) in [5, 5.41) is 3.49. The monoisotopic (exact) mass is 876 g/mol. The highest BCUT2D eigenvalue weighted by Crippen LogP contribution is 2.46. The van der Waals surface area contributed by atoms with Gasteiger partial charge in [0.2, 0.25) is 0 Å². The molecule has 3 heteroatoms. The van der Waals surface area contributed by atoms with Crippen LogP contribution in [0.5, 0.6) is 0 Å². The second-order valence-corrected chi connectivity index (χ2v) is 17.1. The van der Waals surface area contributed by atoms with Crippen LogP contribution in [0, 0.1) is 12.8 Å². The first kappa shape index (κ1) is 43.2. The van der Waals surface area contributed by atoms with Crippen molar-refractivity contribution in [3.8, 4) is 44.5 Å². The summed E-state index contributed by atoms with van der Waals surface area (Å²) >= 11 is 0. The van der Waals surface area contributed by atoms with E-state index < -0.39 is 0 Å². The van der Waals surface area contributed by atoms with Crippen molar-refractivity contribution in [3.63, 3.8) is 0 Å². The summed E-state index contributed by atoms with van der Waals surface area (Å²) in [6, 6.07) is 85.1. The van der Waals surface area contributed by atoms with Crippen molar-refractivity contribution in [2.24, 2.45) is 5.92 Å². The molecule has 2 atom stereocenters. The predicted molar refractivity (Wildman–Crippen MR) is 287 cm³/mol. The second-order valence-electron chi connectivity index (χ2n) is 17.1. The third-order valence-corrected chi connectivity index (χ3v) is 12.6. The lowest BCUT2D eigenvalue weighted by molar-refractivity contribution is 0.185. The van der Waals surface area contributed by atoms with Gasteiger partial charge < -0.3 is 15.0 Å². The largest absolute Gasteiger partial charge is 0.483 e. The first-order valence-electron chi connectivity index (χ1n) is 23.3. The van der Waals surface area contributed by atoms with Crippen molar-refractivity contribution in [2.75, 3.05) is 10.2 Å². The number of aryl methyl sites for hydroxylation is 1. The summed E-state index contributed by atoms with van der Waals surface area (Å²) in [6.07, 6.45) is 8.42. The molecule has 11 rings (SSSR count). The summed E-state index contributed by atoms with van der Waals surface area (Å²) in [5.74, 6) is 0.940. The Morgan fingerprint density at radius 2 is 0.897 bits per heavy atom. The fourth-order valence-electron chi connectivity index (χ4n) is 9.01. The number of ether oxygens (including phenoxy) is 1. The van der Waals surface area contributed by atoms with E-state index in [-0.39, 0.29) is 12.0 Å². The molecule has 0 spiro atoms. The molecular weight excluding hydrogens is 825 g/mol. The SMILES string of the molecule is C=C1/C(=C(\c2ccccc2C)N(c2ccc(-c3ccccc3)cc2)c2cccc(-c3ccccc3)c2)OC2C=CC=CC12.c1ccc(-c2ccc(Nc3cccc(-c4ccccc4)c3)cc2)cc1. The Labute approximate surface area is 401 Å². The van der Waals surface area contributed by atoms with Crippen molar-refractivity contribution in [1.29, 1.82) is 0 Å². The van der Waals surface area contributed by atoms with Gasteiger partial charge in [0.15, 0.2) is 0 Å². The molecule has 0 amide bonds. The Morgan fingerprint density at radius 3 is 1.47 bits per heavy atom. The second kappa shape index (κ2) is 20.2. The molecule has 68 heavy (non-hydrogen) atoms. The minimum Gasteiger partial charge on any atom is -0.483 e. The molecule has 0 aromatic heterocycles. The van der Waals surface area contributed by atoms with Crippen molar-refractivity contribution in [1.82, 2.24) is 0 Å². The van der Waals surface area contributed by atoms with Crippen molar-refractivity contribution in [2.45, 2.75) is 13.0 Å². The molecule has 1 aliphatic carbocycles. The Kier molecular flexibility index (Phi) is 12.9. The van der Waals surface area contributed by atoms with Gasteiger partial charge in [-0.25, -0.2) is 0 Å². The Bertz CT molecular complexity index is 3230. The number of benzene rings is 9. The molecule has 1 N–H and O–H groups in total. The van der Waals surface area contributed by atoms with E-state index in [2.05, 4.69) is 279 Å². The highest BCUT2D eigenvalue weighted by Gasteiger charge is 2.38. The molecular formula is C65H52N2O. The van der Waals surface area contributed by atoms with Crippen LogP contribution in [0.4, 0.5) is 22.7 Å². The third kappa shape index (κ3) is 9.65. The number of allylic oxidation sites excluding steroid dienone is 3. The standard InChI is InChI=1S/C41H33NO.C24H19N/c1-29-14-9-10-21-37(29)40(41-30(2)38-22-11-12-23-39(38)43-41)42(35-26-24-33(25-27-35)31-15-5-3-6-16-31)36-20-13-19-34(28-36)32-17-7-4-8-18-32;1-3-8-19(9-4-1)21-14-16-23(17-15-21)25-24-13-7-12-22(18-24)20-10-5-2-6-11-20/h3-28,38-39H,2H2,1H3;1-18,25H/b41-40-;. The highest BCUT2D eigenvalue weighted by molar-refractivity contribution is 5.93. The first-order chi connectivity index (χ1) is 33.6. The number of nitrogens with one attached hydrogen (secondary N) is 1. The number of nitrogens with zero attached hydrogens (tertiary/aromatic N) is 1. The molecule has 2 aliphatic rings. The highest BCUT2D eigenvalue weighted by atomic mass is 16.5. The molecule has 9 aromatic rings. The van der Waals surface area contributed by atoms with Crippen molar-refractivity contribution < 1.29 is 4.74 Å². The van der Waals surface area contributed by atoms with Crippen molar-refractivity contribution >= 4 is 28.4 Å². The summed E-state index contributed by atoms with van der Waals surface area (Å²) in [4.78, 5) is 2.34. The lowest BCUT2D eigenvalue weighted by Gasteiger charge is -2.31. The van der Waals surface area contributed by atoms with Crippen LogP contribution in [-0.4, -0.2) is 6.10 Å². The molecule has 2 unspecified atom stereocenters. The van der Waals surface area contributed by atoms with Crippen LogP contribution >= 0.6 is 0 Å². The quantitative estimate of drug-likeness (QED) is 0.148. The molecule has 1 saturated heterocycles. The van der Waals surface area contributed by atoms with Crippen LogP contribution < -0.4 is 10.2 Å². The summed E-state index contributed by atoms with van der Waals surface area (Å²) < 4.78 is 6.78. The normalized spacial score (nSPS) is 15.3. The van der Waals surface area contributed by atoms with Crippen LogP contribution in [0.3, 0.4) is 0 Å². The number of rotatable bonds is 10. The van der Waals surface area contributed by atoms with E-state index in [4.69, 9.17) is 4.74 Å². The number of anilines is 4. The van der Waals surface area contributed by atoms with Gasteiger partial charge in [-0.2, -0.15) is 0 Å². The van der Waals surface area contributed by atoms with Crippen LogP contribution in [0.15, 0.2) is 285 Å². The minimum atomic E-state index is -0.0653. The number of hydrogen-bond donors (Lipinski definition) is 1. The maximum Gasteiger partial charge on any atom is 0.148 e. The van der Waals surface area contributed by atoms with Gasteiger partial charge >= 0.3 is 0 Å². The van der Waals surface area contributed by atoms with Gasteiger partial charge in [0, 0.05) is 39.8 Å². The molecule has 9 aromatic carbocycles. The lowest BCUT2D eigenvalue weighted by atomic mass is 9.91. The average Bonchev–Trinajstić information content (AvgIpc) is 3.75. The molecule has 0 saturated carbocycles. The molecule has 1 aliphatic heterocycles. The molecule has 0 radical (unpaired) electrons. The molecule has 0 bridgehead atoms. The van der Waals surface area contributed by atoms with Gasteiger partial charge in [-0.05, 0) is 112 Å². The van der Waals surface area contributed by atoms with Gasteiger partial charge in [-0.15, -0.1) is 0 Å². The summed E-state index contributed by atoms with van der Waals surface area (Å²) in [6.45, 7) is 6.75. The maximum absolute atomic E-state index is 6.78. The van der Waals surface area contributed by atoms with E-state index in [1.54, 1.807) is 0 Å².